The summed E-state index contributed by atoms with van der Waals surface area (Å²) in [5.41, 5.74) is 10.5. The van der Waals surface area contributed by atoms with Crippen LogP contribution < -0.4 is 38.4 Å². The van der Waals surface area contributed by atoms with Crippen molar-refractivity contribution in [3.8, 4) is 33.8 Å². The number of halogens is 2. The Morgan fingerprint density at radius 2 is 0.739 bits per heavy atom. The maximum Gasteiger partial charge on any atom is 0.169 e. The highest BCUT2D eigenvalue weighted by Gasteiger charge is 2.15. The quantitative estimate of drug-likeness (QED) is 0.0506. The van der Waals surface area contributed by atoms with E-state index in [1.807, 2.05) is 72.8 Å². The van der Waals surface area contributed by atoms with Crippen LogP contribution in [0.5, 0.6) is 11.5 Å². The van der Waals surface area contributed by atoms with Gasteiger partial charge < -0.3 is 20.1 Å². The second-order valence-corrected chi connectivity index (χ2v) is 18.1. The number of hydrogen-bond acceptors (Lipinski definition) is 6. The Balaban J connectivity index is 0.669. The van der Waals surface area contributed by atoms with Gasteiger partial charge >= 0.3 is 0 Å². The van der Waals surface area contributed by atoms with Gasteiger partial charge in [0.2, 0.25) is 0 Å². The summed E-state index contributed by atoms with van der Waals surface area (Å²) in [6.07, 6.45) is 20.3. The minimum absolute atomic E-state index is 0.674. The summed E-state index contributed by atoms with van der Waals surface area (Å²) in [5, 5.41) is 12.9. The van der Waals surface area contributed by atoms with Crippen molar-refractivity contribution in [3.63, 3.8) is 0 Å². The van der Waals surface area contributed by atoms with Crippen LogP contribution in [0.2, 0.25) is 10.0 Å². The summed E-state index contributed by atoms with van der Waals surface area (Å²) in [6, 6.07) is 41.3. The highest BCUT2D eigenvalue weighted by atomic mass is 35.5. The van der Waals surface area contributed by atoms with Crippen molar-refractivity contribution in [2.75, 3.05) is 37.9 Å². The lowest BCUT2D eigenvalue weighted by Crippen LogP contribution is -2.38. The van der Waals surface area contributed by atoms with Crippen LogP contribution in [-0.4, -0.2) is 37.3 Å². The first-order valence-corrected chi connectivity index (χ1v) is 24.2. The zero-order valence-electron chi connectivity index (χ0n) is 38.8. The molecule has 0 unspecified atom stereocenters. The molecule has 0 saturated carbocycles. The number of anilines is 2. The number of hydrogen-bond donors (Lipinski definition) is 2. The molecule has 2 N–H and O–H groups in total. The van der Waals surface area contributed by atoms with E-state index < -0.39 is 0 Å². The van der Waals surface area contributed by atoms with Crippen LogP contribution in [0.25, 0.3) is 65.9 Å². The minimum Gasteiger partial charge on any atom is -0.497 e. The molecule has 10 rings (SSSR count). The van der Waals surface area contributed by atoms with Crippen LogP contribution in [0.4, 0.5) is 11.4 Å². The van der Waals surface area contributed by atoms with Gasteiger partial charge in [0, 0.05) is 106 Å². The SMILES string of the molecule is COc1ccc2nc3cc(Cl)ccc3c(NCCC[n+]3ccc(-c4cc[n+](CCC[n+]5ccc(-c6cc[n+](CCCNc7c8ccc(Cl)cc8nc8ccc(OC)cc78)cc6)cc5)cc4)cc3)c2c1. The Labute approximate surface area is 412 Å². The molecular weight excluding hydrogens is 900 g/mol. The fourth-order valence-electron chi connectivity index (χ4n) is 9.01. The number of methoxy groups -OCH3 is 2. The van der Waals surface area contributed by atoms with E-state index in [9.17, 15) is 0 Å². The van der Waals surface area contributed by atoms with Gasteiger partial charge in [0.05, 0.1) is 54.1 Å². The number of aromatic nitrogens is 6. The highest BCUT2D eigenvalue weighted by molar-refractivity contribution is 6.32. The zero-order chi connectivity index (χ0) is 47.1. The molecule has 0 bridgehead atoms. The fourth-order valence-corrected chi connectivity index (χ4v) is 9.34. The van der Waals surface area contributed by atoms with E-state index in [1.165, 1.54) is 22.3 Å². The van der Waals surface area contributed by atoms with E-state index in [0.717, 1.165) is 125 Å². The number of benzene rings is 4. The monoisotopic (exact) mass is 952 g/mol. The number of aryl methyl sites for hydroxylation is 4. The lowest BCUT2D eigenvalue weighted by molar-refractivity contribution is -0.726. The van der Waals surface area contributed by atoms with Crippen molar-refractivity contribution in [1.82, 2.24) is 9.97 Å². The van der Waals surface area contributed by atoms with Crippen LogP contribution in [0, 0.1) is 0 Å². The van der Waals surface area contributed by atoms with Gasteiger partial charge in [-0.1, -0.05) is 23.2 Å². The zero-order valence-corrected chi connectivity index (χ0v) is 40.3. The third-order valence-corrected chi connectivity index (χ3v) is 13.2. The molecule has 0 aliphatic heterocycles. The fraction of sp³-hybridized carbons (Fsp3) is 0.193. The number of fused-ring (bicyclic) bond motifs is 4. The van der Waals surface area contributed by atoms with E-state index in [4.69, 9.17) is 42.6 Å². The van der Waals surface area contributed by atoms with E-state index in [2.05, 4.69) is 127 Å². The smallest absolute Gasteiger partial charge is 0.169 e. The average Bonchev–Trinajstić information content (AvgIpc) is 3.38. The molecule has 6 heterocycles. The molecule has 10 nitrogen and oxygen atoms in total. The molecule has 0 radical (unpaired) electrons. The third-order valence-electron chi connectivity index (χ3n) is 12.7. The van der Waals surface area contributed by atoms with Crippen molar-refractivity contribution in [2.45, 2.75) is 45.4 Å². The number of nitrogens with zero attached hydrogens (tertiary/aromatic N) is 6. The summed E-state index contributed by atoms with van der Waals surface area (Å²) in [7, 11) is 3.38. The minimum atomic E-state index is 0.674. The lowest BCUT2D eigenvalue weighted by Gasteiger charge is -2.14. The second-order valence-electron chi connectivity index (χ2n) is 17.3. The Morgan fingerprint density at radius 1 is 0.391 bits per heavy atom. The predicted molar refractivity (Wildman–Crippen MR) is 277 cm³/mol. The first-order valence-electron chi connectivity index (χ1n) is 23.5. The molecule has 69 heavy (non-hydrogen) atoms. The normalized spacial score (nSPS) is 11.4. The van der Waals surface area contributed by atoms with Gasteiger partial charge in [-0.2, -0.15) is 0 Å². The second kappa shape index (κ2) is 20.9. The summed E-state index contributed by atoms with van der Waals surface area (Å²) >= 11 is 12.7. The molecule has 10 aromatic rings. The lowest BCUT2D eigenvalue weighted by atomic mass is 10.1. The molecule has 6 aromatic heterocycles. The van der Waals surface area contributed by atoms with E-state index in [1.54, 1.807) is 14.2 Å². The van der Waals surface area contributed by atoms with Gasteiger partial charge in [0.15, 0.2) is 62.7 Å². The van der Waals surface area contributed by atoms with Crippen LogP contribution in [0.1, 0.15) is 19.3 Å². The molecule has 0 amide bonds. The van der Waals surface area contributed by atoms with Crippen molar-refractivity contribution >= 4 is 78.2 Å². The maximum atomic E-state index is 6.33. The summed E-state index contributed by atoms with van der Waals surface area (Å²) in [4.78, 5) is 9.71. The van der Waals surface area contributed by atoms with Gasteiger partial charge in [0.1, 0.15) is 24.6 Å². The number of pyridine rings is 6. The Hall–Kier alpha value is -7.40. The molecular formula is C57H54Cl2N8O2+4. The highest BCUT2D eigenvalue weighted by Crippen LogP contribution is 2.36. The topological polar surface area (TPSA) is 83.8 Å². The summed E-state index contributed by atoms with van der Waals surface area (Å²) in [6.45, 7) is 5.28. The standard InChI is InChI=1S/C57H54Cl2N8O2/c1-68-46-8-12-52-50(38-46)56(48-10-6-44(58)36-54(48)62-52)60-22-3-24-64-28-14-40(15-29-64)42-18-32-66(33-19-42)26-5-27-67-34-20-43(21-35-67)41-16-30-65(31-17-41)25-4-23-61-57-49-11-7-45(59)37-55(49)63-53-13-9-47(69-2)39-51(53)57/h6-21,28-39H,3-5,22-27H2,1-2H3,(H,60,62)(H,61,63)/q+4. The van der Waals surface area contributed by atoms with E-state index >= 15 is 0 Å². The van der Waals surface area contributed by atoms with Crippen molar-refractivity contribution in [2.24, 2.45) is 0 Å². The molecule has 344 valence electrons. The number of rotatable bonds is 18. The number of ether oxygens (including phenoxy) is 2. The van der Waals surface area contributed by atoms with Crippen LogP contribution >= 0.6 is 23.2 Å². The van der Waals surface area contributed by atoms with Gasteiger partial charge in [-0.25, -0.2) is 28.2 Å². The van der Waals surface area contributed by atoms with Crippen LogP contribution in [-0.2, 0) is 26.2 Å². The third kappa shape index (κ3) is 10.5. The molecule has 0 atom stereocenters. The Morgan fingerprint density at radius 3 is 1.09 bits per heavy atom. The summed E-state index contributed by atoms with van der Waals surface area (Å²) < 4.78 is 20.1. The van der Waals surface area contributed by atoms with Gasteiger partial charge in [-0.05, 0) is 95.1 Å². The van der Waals surface area contributed by atoms with E-state index in [-0.39, 0.29) is 0 Å². The van der Waals surface area contributed by atoms with Crippen molar-refractivity contribution < 1.29 is 27.7 Å². The molecule has 0 saturated heterocycles. The van der Waals surface area contributed by atoms with Gasteiger partial charge in [-0.3, -0.25) is 0 Å². The van der Waals surface area contributed by atoms with E-state index in [0.29, 0.717) is 10.0 Å². The van der Waals surface area contributed by atoms with Gasteiger partial charge in [-0.15, -0.1) is 0 Å². The van der Waals surface area contributed by atoms with Crippen LogP contribution in [0.15, 0.2) is 171 Å². The average molecular weight is 954 g/mol. The molecule has 0 aliphatic carbocycles. The molecule has 12 heteroatoms. The first kappa shape index (κ1) is 45.4. The number of nitrogens with one attached hydrogen (secondary N) is 2. The maximum absolute atomic E-state index is 6.33. The molecule has 0 fully saturated rings. The largest absolute Gasteiger partial charge is 0.497 e. The Bertz CT molecular complexity index is 3180. The van der Waals surface area contributed by atoms with Crippen molar-refractivity contribution in [3.05, 3.63) is 181 Å². The molecule has 0 spiro atoms. The Kier molecular flexibility index (Phi) is 13.7. The molecule has 4 aromatic carbocycles. The van der Waals surface area contributed by atoms with Crippen molar-refractivity contribution in [1.29, 1.82) is 0 Å². The first-order chi connectivity index (χ1) is 33.9. The predicted octanol–water partition coefficient (Wildman–Crippen LogP) is 11.0. The molecule has 0 aliphatic rings. The van der Waals surface area contributed by atoms with Gasteiger partial charge in [0.25, 0.3) is 0 Å². The van der Waals surface area contributed by atoms with Crippen LogP contribution in [0.3, 0.4) is 0 Å². The summed E-state index contributed by atoms with van der Waals surface area (Å²) in [5.74, 6) is 1.61.